The van der Waals surface area contributed by atoms with Crippen LogP contribution in [0, 0.1) is 0 Å². The molecule has 0 radical (unpaired) electrons. The Morgan fingerprint density at radius 3 is 2.50 bits per heavy atom. The first-order valence-corrected chi connectivity index (χ1v) is 7.61. The maximum Gasteiger partial charge on any atom is 0.417 e. The van der Waals surface area contributed by atoms with Crippen LogP contribution in [0.2, 0.25) is 0 Å². The number of rotatable bonds is 4. The number of carbonyl (C=O) groups excluding carboxylic acids is 2. The fraction of sp³-hybridized carbons (Fsp3) is 0.250. The first-order chi connectivity index (χ1) is 12.3. The molecule has 2 aromatic rings. The van der Waals surface area contributed by atoms with E-state index in [1.807, 2.05) is 0 Å². The minimum Gasteiger partial charge on any atom is -0.359 e. The molecule has 1 N–H and O–H groups in total. The number of hydrogen-bond acceptors (Lipinski definition) is 5. The van der Waals surface area contributed by atoms with Crippen LogP contribution in [-0.2, 0) is 11.0 Å². The number of amides is 2. The van der Waals surface area contributed by atoms with Crippen molar-refractivity contribution in [2.24, 2.45) is 0 Å². The molecule has 3 rings (SSSR count). The summed E-state index contributed by atoms with van der Waals surface area (Å²) in [6, 6.07) is 4.78. The van der Waals surface area contributed by atoms with Gasteiger partial charge in [-0.15, -0.1) is 0 Å². The highest BCUT2D eigenvalue weighted by molar-refractivity contribution is 5.96. The van der Waals surface area contributed by atoms with Crippen molar-refractivity contribution >= 4 is 17.6 Å². The van der Waals surface area contributed by atoms with Gasteiger partial charge in [0.25, 0.3) is 5.91 Å². The van der Waals surface area contributed by atoms with E-state index in [2.05, 4.69) is 15.4 Å². The Morgan fingerprint density at radius 1 is 1.15 bits per heavy atom. The number of alkyl halides is 3. The van der Waals surface area contributed by atoms with Crippen LogP contribution in [0.25, 0.3) is 0 Å². The van der Waals surface area contributed by atoms with E-state index in [4.69, 9.17) is 4.84 Å². The zero-order valence-electron chi connectivity index (χ0n) is 13.3. The van der Waals surface area contributed by atoms with Crippen molar-refractivity contribution in [3.8, 4) is 5.88 Å². The largest absolute Gasteiger partial charge is 0.417 e. The third kappa shape index (κ3) is 3.90. The number of halogens is 3. The highest BCUT2D eigenvalue weighted by atomic mass is 19.4. The van der Waals surface area contributed by atoms with Gasteiger partial charge in [-0.25, -0.2) is 9.97 Å². The molecule has 1 fully saturated rings. The molecule has 1 aliphatic heterocycles. The second-order valence-electron chi connectivity index (χ2n) is 5.47. The molecule has 0 unspecified atom stereocenters. The Balaban J connectivity index is 1.59. The van der Waals surface area contributed by atoms with Gasteiger partial charge in [-0.3, -0.25) is 14.5 Å². The van der Waals surface area contributed by atoms with E-state index in [-0.39, 0.29) is 17.4 Å². The molecule has 0 atom stereocenters. The van der Waals surface area contributed by atoms with Crippen LogP contribution in [0.3, 0.4) is 0 Å². The molecular formula is C16H13F3N4O3. The van der Waals surface area contributed by atoms with E-state index in [0.29, 0.717) is 25.0 Å². The molecule has 1 saturated heterocycles. The first-order valence-electron chi connectivity index (χ1n) is 7.61. The fourth-order valence-electron chi connectivity index (χ4n) is 2.34. The molecule has 0 aromatic carbocycles. The Kier molecular flexibility index (Phi) is 4.74. The van der Waals surface area contributed by atoms with Gasteiger partial charge in [0.15, 0.2) is 0 Å². The zero-order chi connectivity index (χ0) is 18.7. The number of hydrogen-bond donors (Lipinski definition) is 1. The SMILES string of the molecule is O=C(NOc1ccc(C(F)(F)F)cn1)c1ccc(N2CCCC2=O)nc1. The molecule has 2 aromatic heterocycles. The van der Waals surface area contributed by atoms with E-state index in [1.165, 1.54) is 23.2 Å². The molecule has 0 aliphatic carbocycles. The highest BCUT2D eigenvalue weighted by Crippen LogP contribution is 2.29. The summed E-state index contributed by atoms with van der Waals surface area (Å²) in [7, 11) is 0. The van der Waals surface area contributed by atoms with Gasteiger partial charge >= 0.3 is 6.18 Å². The van der Waals surface area contributed by atoms with E-state index >= 15 is 0 Å². The molecule has 7 nitrogen and oxygen atoms in total. The Bertz CT molecular complexity index is 807. The Morgan fingerprint density at radius 2 is 1.96 bits per heavy atom. The summed E-state index contributed by atoms with van der Waals surface area (Å²) in [6.07, 6.45) is -1.39. The van der Waals surface area contributed by atoms with Gasteiger partial charge in [-0.05, 0) is 24.6 Å². The number of anilines is 1. The van der Waals surface area contributed by atoms with Gasteiger partial charge in [-0.1, -0.05) is 0 Å². The molecule has 2 amide bonds. The Hall–Kier alpha value is -3.17. The van der Waals surface area contributed by atoms with Crippen molar-refractivity contribution in [3.05, 3.63) is 47.8 Å². The van der Waals surface area contributed by atoms with Crippen LogP contribution in [0.4, 0.5) is 19.0 Å². The first kappa shape index (κ1) is 17.6. The van der Waals surface area contributed by atoms with E-state index in [0.717, 1.165) is 18.6 Å². The molecule has 0 saturated carbocycles. The molecular weight excluding hydrogens is 353 g/mol. The fourth-order valence-corrected chi connectivity index (χ4v) is 2.34. The lowest BCUT2D eigenvalue weighted by atomic mass is 10.2. The van der Waals surface area contributed by atoms with Crippen LogP contribution >= 0.6 is 0 Å². The van der Waals surface area contributed by atoms with E-state index < -0.39 is 17.6 Å². The van der Waals surface area contributed by atoms with Crippen molar-refractivity contribution in [1.82, 2.24) is 15.4 Å². The van der Waals surface area contributed by atoms with Gasteiger partial charge in [0.2, 0.25) is 11.8 Å². The number of nitrogens with zero attached hydrogens (tertiary/aromatic N) is 3. The standard InChI is InChI=1S/C16H13F3N4O3/c17-16(18,19)11-4-6-13(21-9-11)26-22-15(25)10-3-5-12(20-8-10)23-7-1-2-14(23)24/h3-6,8-9H,1-2,7H2,(H,22,25). The number of aromatic nitrogens is 2. The summed E-state index contributed by atoms with van der Waals surface area (Å²) in [5, 5.41) is 0. The lowest BCUT2D eigenvalue weighted by Crippen LogP contribution is -2.28. The molecule has 1 aliphatic rings. The van der Waals surface area contributed by atoms with Gasteiger partial charge in [0, 0.05) is 31.4 Å². The number of hydroxylamine groups is 1. The summed E-state index contributed by atoms with van der Waals surface area (Å²) < 4.78 is 37.3. The summed E-state index contributed by atoms with van der Waals surface area (Å²) >= 11 is 0. The van der Waals surface area contributed by atoms with Crippen LogP contribution in [0.5, 0.6) is 5.88 Å². The average molecular weight is 366 g/mol. The highest BCUT2D eigenvalue weighted by Gasteiger charge is 2.30. The van der Waals surface area contributed by atoms with Gasteiger partial charge < -0.3 is 4.84 Å². The minimum absolute atomic E-state index is 0.0218. The summed E-state index contributed by atoms with van der Waals surface area (Å²) in [6.45, 7) is 0.583. The normalized spacial score (nSPS) is 14.4. The molecule has 10 heteroatoms. The van der Waals surface area contributed by atoms with Crippen LogP contribution in [-0.4, -0.2) is 28.3 Å². The predicted octanol–water partition coefficient (Wildman–Crippen LogP) is 2.35. The molecule has 0 spiro atoms. The topological polar surface area (TPSA) is 84.4 Å². The predicted molar refractivity (Wildman–Crippen MR) is 83.2 cm³/mol. The second kappa shape index (κ2) is 6.98. The number of carbonyl (C=O) groups is 2. The smallest absolute Gasteiger partial charge is 0.359 e. The third-order valence-electron chi connectivity index (χ3n) is 3.67. The maximum absolute atomic E-state index is 12.4. The van der Waals surface area contributed by atoms with Gasteiger partial charge in [-0.2, -0.15) is 18.7 Å². The van der Waals surface area contributed by atoms with Gasteiger partial charge in [0.05, 0.1) is 11.1 Å². The van der Waals surface area contributed by atoms with Crippen molar-refractivity contribution in [3.63, 3.8) is 0 Å². The molecule has 26 heavy (non-hydrogen) atoms. The van der Waals surface area contributed by atoms with Gasteiger partial charge in [0.1, 0.15) is 5.82 Å². The van der Waals surface area contributed by atoms with E-state index in [9.17, 15) is 22.8 Å². The summed E-state index contributed by atoms with van der Waals surface area (Å²) in [5.41, 5.74) is 1.30. The third-order valence-corrected chi connectivity index (χ3v) is 3.67. The zero-order valence-corrected chi connectivity index (χ0v) is 13.3. The minimum atomic E-state index is -4.50. The number of pyridine rings is 2. The van der Waals surface area contributed by atoms with E-state index in [1.54, 1.807) is 0 Å². The molecule has 0 bridgehead atoms. The lowest BCUT2D eigenvalue weighted by molar-refractivity contribution is -0.137. The van der Waals surface area contributed by atoms with Crippen molar-refractivity contribution < 1.29 is 27.6 Å². The molecule has 3 heterocycles. The van der Waals surface area contributed by atoms with Crippen LogP contribution < -0.4 is 15.2 Å². The summed E-state index contributed by atoms with van der Waals surface area (Å²) in [4.78, 5) is 37.6. The second-order valence-corrected chi connectivity index (χ2v) is 5.47. The van der Waals surface area contributed by atoms with Crippen LogP contribution in [0.1, 0.15) is 28.8 Å². The molecule has 136 valence electrons. The monoisotopic (exact) mass is 366 g/mol. The van der Waals surface area contributed by atoms with Crippen molar-refractivity contribution in [1.29, 1.82) is 0 Å². The van der Waals surface area contributed by atoms with Crippen LogP contribution in [0.15, 0.2) is 36.7 Å². The lowest BCUT2D eigenvalue weighted by Gasteiger charge is -2.14. The van der Waals surface area contributed by atoms with Crippen molar-refractivity contribution in [2.75, 3.05) is 11.4 Å². The van der Waals surface area contributed by atoms with Crippen molar-refractivity contribution in [2.45, 2.75) is 19.0 Å². The quantitative estimate of drug-likeness (QED) is 0.840. The average Bonchev–Trinajstić information content (AvgIpc) is 3.05. The summed E-state index contributed by atoms with van der Waals surface area (Å²) in [5.74, 6) is -0.419. The Labute approximate surface area is 145 Å². The number of nitrogens with one attached hydrogen (secondary N) is 1. The maximum atomic E-state index is 12.4.